The number of hydrogen-bond donors (Lipinski definition) is 2. The Morgan fingerprint density at radius 2 is 1.56 bits per heavy atom. The van der Waals surface area contributed by atoms with Crippen LogP contribution in [0.1, 0.15) is 21.5 Å². The van der Waals surface area contributed by atoms with Crippen LogP contribution in [0.25, 0.3) is 11.1 Å². The smallest absolute Gasteiger partial charge is 0.276 e. The number of rotatable bonds is 9. The van der Waals surface area contributed by atoms with Crippen molar-refractivity contribution in [3.63, 3.8) is 0 Å². The van der Waals surface area contributed by atoms with Crippen molar-refractivity contribution in [2.24, 2.45) is 0 Å². The fourth-order valence-electron chi connectivity index (χ4n) is 4.11. The SMILES string of the molecule is COc1ccc(-c2cc(C)c(N(Cc3cccnc3)S(=O)(=O)c3ccc(OC)cc3)c(C(=O)NO)c2)cc1.Cl. The lowest BCUT2D eigenvalue weighted by Gasteiger charge is -2.28. The molecule has 1 heterocycles. The van der Waals surface area contributed by atoms with E-state index >= 15 is 0 Å². The molecule has 0 aliphatic carbocycles. The summed E-state index contributed by atoms with van der Waals surface area (Å²) in [6.07, 6.45) is 3.15. The predicted molar refractivity (Wildman–Crippen MR) is 150 cm³/mol. The Morgan fingerprint density at radius 3 is 2.10 bits per heavy atom. The summed E-state index contributed by atoms with van der Waals surface area (Å²) in [6.45, 7) is 1.62. The molecule has 0 unspecified atom stereocenters. The normalized spacial score (nSPS) is 10.8. The van der Waals surface area contributed by atoms with E-state index in [4.69, 9.17) is 9.47 Å². The number of pyridine rings is 1. The topological polar surface area (TPSA) is 118 Å². The molecular formula is C28H28ClN3O6S. The first-order valence-corrected chi connectivity index (χ1v) is 13.0. The molecule has 4 rings (SSSR count). The molecule has 0 saturated heterocycles. The van der Waals surface area contributed by atoms with Gasteiger partial charge in [0.1, 0.15) is 11.5 Å². The average Bonchev–Trinajstić information content (AvgIpc) is 2.96. The summed E-state index contributed by atoms with van der Waals surface area (Å²) in [5, 5.41) is 9.57. The van der Waals surface area contributed by atoms with Crippen LogP contribution in [-0.4, -0.2) is 38.7 Å². The Kier molecular flexibility index (Phi) is 9.52. The van der Waals surface area contributed by atoms with Gasteiger partial charge in [0.15, 0.2) is 0 Å². The number of carbonyl (C=O) groups is 1. The van der Waals surface area contributed by atoms with Gasteiger partial charge in [-0.3, -0.25) is 19.3 Å². The molecule has 1 amide bonds. The number of benzene rings is 3. The Bertz CT molecular complexity index is 1530. The summed E-state index contributed by atoms with van der Waals surface area (Å²) in [7, 11) is -1.12. The van der Waals surface area contributed by atoms with Gasteiger partial charge in [-0.15, -0.1) is 12.4 Å². The van der Waals surface area contributed by atoms with Gasteiger partial charge in [0.25, 0.3) is 15.9 Å². The van der Waals surface area contributed by atoms with Crippen molar-refractivity contribution in [1.82, 2.24) is 10.5 Å². The van der Waals surface area contributed by atoms with E-state index in [0.717, 1.165) is 9.87 Å². The van der Waals surface area contributed by atoms with Crippen LogP contribution in [0.5, 0.6) is 11.5 Å². The highest BCUT2D eigenvalue weighted by molar-refractivity contribution is 7.92. The molecule has 1 aromatic heterocycles. The third-order valence-electron chi connectivity index (χ3n) is 6.02. The van der Waals surface area contributed by atoms with Crippen molar-refractivity contribution in [1.29, 1.82) is 0 Å². The molecule has 39 heavy (non-hydrogen) atoms. The van der Waals surface area contributed by atoms with Crippen molar-refractivity contribution in [2.75, 3.05) is 18.5 Å². The molecular weight excluding hydrogens is 542 g/mol. The molecule has 11 heteroatoms. The number of ether oxygens (including phenoxy) is 2. The van der Waals surface area contributed by atoms with Crippen LogP contribution in [0.4, 0.5) is 5.69 Å². The Balaban J connectivity index is 0.00000420. The minimum atomic E-state index is -4.18. The molecule has 3 aromatic carbocycles. The Hall–Kier alpha value is -4.12. The van der Waals surface area contributed by atoms with E-state index in [1.807, 2.05) is 12.1 Å². The minimum Gasteiger partial charge on any atom is -0.497 e. The highest BCUT2D eigenvalue weighted by Gasteiger charge is 2.31. The number of methoxy groups -OCH3 is 2. The fraction of sp³-hybridized carbons (Fsp3) is 0.143. The zero-order valence-electron chi connectivity index (χ0n) is 21.5. The number of nitrogens with zero attached hydrogens (tertiary/aromatic N) is 2. The molecule has 0 saturated carbocycles. The van der Waals surface area contributed by atoms with E-state index < -0.39 is 15.9 Å². The molecule has 9 nitrogen and oxygen atoms in total. The standard InChI is InChI=1S/C28H27N3O6S.ClH/c1-19-15-22(21-6-8-23(36-2)9-7-21)16-26(28(32)30-33)27(19)31(18-20-5-4-14-29-17-20)38(34,35)25-12-10-24(37-3)11-13-25;/h4-17,33H,18H2,1-3H3,(H,30,32);1H. The van der Waals surface area contributed by atoms with Gasteiger partial charge in [-0.2, -0.15) is 0 Å². The first-order chi connectivity index (χ1) is 18.3. The maximum Gasteiger partial charge on any atom is 0.276 e. The molecule has 0 spiro atoms. The van der Waals surface area contributed by atoms with Crippen molar-refractivity contribution >= 4 is 34.0 Å². The lowest BCUT2D eigenvalue weighted by molar-refractivity contribution is 0.0707. The van der Waals surface area contributed by atoms with Gasteiger partial charge in [0, 0.05) is 12.4 Å². The van der Waals surface area contributed by atoms with Gasteiger partial charge in [-0.1, -0.05) is 18.2 Å². The molecule has 0 aliphatic heterocycles. The highest BCUT2D eigenvalue weighted by Crippen LogP contribution is 2.36. The van der Waals surface area contributed by atoms with Gasteiger partial charge in [0.05, 0.1) is 36.9 Å². The van der Waals surface area contributed by atoms with Gasteiger partial charge >= 0.3 is 0 Å². The quantitative estimate of drug-likeness (QED) is 0.215. The van der Waals surface area contributed by atoms with E-state index in [2.05, 4.69) is 4.98 Å². The summed E-state index contributed by atoms with van der Waals surface area (Å²) in [5.41, 5.74) is 4.35. The van der Waals surface area contributed by atoms with Crippen LogP contribution >= 0.6 is 12.4 Å². The number of amides is 1. The molecule has 0 radical (unpaired) electrons. The molecule has 4 aromatic rings. The highest BCUT2D eigenvalue weighted by atomic mass is 35.5. The van der Waals surface area contributed by atoms with Crippen molar-refractivity contribution < 1.29 is 27.9 Å². The second-order valence-electron chi connectivity index (χ2n) is 8.41. The van der Waals surface area contributed by atoms with Crippen LogP contribution in [0, 0.1) is 6.92 Å². The number of nitrogens with one attached hydrogen (secondary N) is 1. The van der Waals surface area contributed by atoms with E-state index in [1.165, 1.54) is 19.2 Å². The van der Waals surface area contributed by atoms with Crippen LogP contribution in [-0.2, 0) is 16.6 Å². The number of aryl methyl sites for hydroxylation is 1. The van der Waals surface area contributed by atoms with Crippen LogP contribution in [0.2, 0.25) is 0 Å². The van der Waals surface area contributed by atoms with Crippen molar-refractivity contribution in [3.8, 4) is 22.6 Å². The third kappa shape index (κ3) is 6.31. The molecule has 0 fully saturated rings. The number of aromatic nitrogens is 1. The average molecular weight is 570 g/mol. The summed E-state index contributed by atoms with van der Waals surface area (Å²) < 4.78 is 39.6. The van der Waals surface area contributed by atoms with Crippen LogP contribution < -0.4 is 19.3 Å². The van der Waals surface area contributed by atoms with E-state index in [0.29, 0.717) is 28.2 Å². The first kappa shape index (κ1) is 29.4. The van der Waals surface area contributed by atoms with E-state index in [-0.39, 0.29) is 35.1 Å². The summed E-state index contributed by atoms with van der Waals surface area (Å²) in [6, 6.07) is 20.0. The summed E-state index contributed by atoms with van der Waals surface area (Å²) in [4.78, 5) is 17.1. The largest absolute Gasteiger partial charge is 0.497 e. The molecule has 0 atom stereocenters. The number of anilines is 1. The van der Waals surface area contributed by atoms with Gasteiger partial charge in [-0.05, 0) is 83.8 Å². The monoisotopic (exact) mass is 569 g/mol. The molecule has 0 aliphatic rings. The number of carbonyl (C=O) groups excluding carboxylic acids is 1. The zero-order chi connectivity index (χ0) is 27.3. The van der Waals surface area contributed by atoms with Gasteiger partial charge in [0.2, 0.25) is 0 Å². The van der Waals surface area contributed by atoms with Crippen LogP contribution in [0.3, 0.4) is 0 Å². The Labute approximate surface area is 233 Å². The number of hydroxylamine groups is 1. The lowest BCUT2D eigenvalue weighted by atomic mass is 9.97. The fourth-order valence-corrected chi connectivity index (χ4v) is 5.65. The third-order valence-corrected chi connectivity index (χ3v) is 7.78. The molecule has 204 valence electrons. The second kappa shape index (κ2) is 12.6. The van der Waals surface area contributed by atoms with Crippen molar-refractivity contribution in [2.45, 2.75) is 18.4 Å². The zero-order valence-corrected chi connectivity index (χ0v) is 23.1. The van der Waals surface area contributed by atoms with Gasteiger partial charge in [-0.25, -0.2) is 13.9 Å². The van der Waals surface area contributed by atoms with E-state index in [9.17, 15) is 18.4 Å². The Morgan fingerprint density at radius 1 is 0.949 bits per heavy atom. The molecule has 2 N–H and O–H groups in total. The maximum atomic E-state index is 14.0. The minimum absolute atomic E-state index is 0. The van der Waals surface area contributed by atoms with Gasteiger partial charge < -0.3 is 9.47 Å². The number of hydrogen-bond acceptors (Lipinski definition) is 7. The number of halogens is 1. The molecule has 0 bridgehead atoms. The maximum absolute atomic E-state index is 14.0. The van der Waals surface area contributed by atoms with Crippen LogP contribution in [0.15, 0.2) is 90.1 Å². The lowest BCUT2D eigenvalue weighted by Crippen LogP contribution is -2.34. The summed E-state index contributed by atoms with van der Waals surface area (Å²) >= 11 is 0. The van der Waals surface area contributed by atoms with Crippen molar-refractivity contribution in [3.05, 3.63) is 102 Å². The second-order valence-corrected chi connectivity index (χ2v) is 10.3. The predicted octanol–water partition coefficient (Wildman–Crippen LogP) is 5.01. The first-order valence-electron chi connectivity index (χ1n) is 11.6. The van der Waals surface area contributed by atoms with E-state index in [1.54, 1.807) is 80.4 Å². The number of sulfonamides is 1. The summed E-state index contributed by atoms with van der Waals surface area (Å²) in [5.74, 6) is 0.325.